The molecule has 0 unspecified atom stereocenters. The molecule has 5 atom stereocenters. The second kappa shape index (κ2) is 7.46. The number of thioether (sulfide) groups is 1. The highest BCUT2D eigenvalue weighted by Crippen LogP contribution is 2.47. The quantitative estimate of drug-likeness (QED) is 0.433. The molecule has 0 saturated carbocycles. The summed E-state index contributed by atoms with van der Waals surface area (Å²) in [5.74, 6) is 1.14. The van der Waals surface area contributed by atoms with Crippen LogP contribution < -0.4 is 0 Å². The van der Waals surface area contributed by atoms with Gasteiger partial charge in [-0.25, -0.2) is 0 Å². The SMILES string of the molecule is CO[C@@H]1O[C@@H]([C@H]2CS2)[C@H](O[Si](C)(C)C(C)(C)C)[C@H]1O[Si](C)(C)C(C)(C)C. The first kappa shape index (κ1) is 22.9. The van der Waals surface area contributed by atoms with Crippen molar-refractivity contribution in [1.82, 2.24) is 0 Å². The highest BCUT2D eigenvalue weighted by atomic mass is 32.2. The van der Waals surface area contributed by atoms with Crippen molar-refractivity contribution >= 4 is 28.4 Å². The maximum atomic E-state index is 6.90. The lowest BCUT2D eigenvalue weighted by Crippen LogP contribution is -2.54. The van der Waals surface area contributed by atoms with Crippen LogP contribution in [0.3, 0.4) is 0 Å². The van der Waals surface area contributed by atoms with E-state index in [1.54, 1.807) is 7.11 Å². The summed E-state index contributed by atoms with van der Waals surface area (Å²) < 4.78 is 25.8. The van der Waals surface area contributed by atoms with E-state index < -0.39 is 16.6 Å². The number of hydrogen-bond donors (Lipinski definition) is 0. The van der Waals surface area contributed by atoms with E-state index in [9.17, 15) is 0 Å². The van der Waals surface area contributed by atoms with Crippen LogP contribution in [0.25, 0.3) is 0 Å². The maximum absolute atomic E-state index is 6.90. The molecule has 4 nitrogen and oxygen atoms in total. The van der Waals surface area contributed by atoms with Crippen LogP contribution in [-0.2, 0) is 18.3 Å². The monoisotopic (exact) mass is 420 g/mol. The summed E-state index contributed by atoms with van der Waals surface area (Å²) in [6.07, 6.45) is -0.477. The Hall–Kier alpha value is 0.624. The van der Waals surface area contributed by atoms with Crippen LogP contribution in [0.2, 0.25) is 36.3 Å². The summed E-state index contributed by atoms with van der Waals surface area (Å²) >= 11 is 1.95. The lowest BCUT2D eigenvalue weighted by Gasteiger charge is -2.44. The first-order chi connectivity index (χ1) is 11.6. The number of rotatable bonds is 6. The third kappa shape index (κ3) is 4.78. The van der Waals surface area contributed by atoms with Gasteiger partial charge in [0.25, 0.3) is 0 Å². The molecule has 0 aromatic rings. The highest BCUT2D eigenvalue weighted by Gasteiger charge is 2.57. The first-order valence-corrected chi connectivity index (χ1v) is 16.6. The molecule has 2 fully saturated rings. The molecule has 2 aliphatic rings. The van der Waals surface area contributed by atoms with E-state index in [0.29, 0.717) is 5.25 Å². The van der Waals surface area contributed by atoms with Crippen molar-refractivity contribution in [3.8, 4) is 0 Å². The molecule has 0 aliphatic carbocycles. The van der Waals surface area contributed by atoms with Crippen molar-refractivity contribution in [1.29, 1.82) is 0 Å². The van der Waals surface area contributed by atoms with Crippen LogP contribution in [0, 0.1) is 0 Å². The Kier molecular flexibility index (Phi) is 6.58. The van der Waals surface area contributed by atoms with Crippen molar-refractivity contribution < 1.29 is 18.3 Å². The summed E-state index contributed by atoms with van der Waals surface area (Å²) in [4.78, 5) is 0. The average Bonchev–Trinajstić information content (AvgIpc) is 3.22. The van der Waals surface area contributed by atoms with E-state index in [2.05, 4.69) is 67.7 Å². The Bertz CT molecular complexity index is 495. The molecule has 0 amide bonds. The van der Waals surface area contributed by atoms with Crippen LogP contribution in [-0.4, -0.2) is 59.3 Å². The average molecular weight is 421 g/mol. The van der Waals surface area contributed by atoms with E-state index >= 15 is 0 Å². The van der Waals surface area contributed by atoms with Crippen LogP contribution in [0.1, 0.15) is 41.5 Å². The van der Waals surface area contributed by atoms with Gasteiger partial charge in [-0.2, -0.15) is 11.8 Å². The van der Waals surface area contributed by atoms with Crippen LogP contribution in [0.4, 0.5) is 0 Å². The zero-order valence-corrected chi connectivity index (χ0v) is 21.5. The van der Waals surface area contributed by atoms with Crippen LogP contribution in [0.5, 0.6) is 0 Å². The van der Waals surface area contributed by atoms with Crippen molar-refractivity contribution in [2.24, 2.45) is 0 Å². The minimum atomic E-state index is -1.97. The summed E-state index contributed by atoms with van der Waals surface area (Å²) in [5, 5.41) is 0.801. The van der Waals surface area contributed by atoms with Gasteiger partial charge in [0.1, 0.15) is 18.3 Å². The minimum Gasteiger partial charge on any atom is -0.408 e. The molecule has 2 aliphatic heterocycles. The molecular weight excluding hydrogens is 380 g/mol. The van der Waals surface area contributed by atoms with Gasteiger partial charge in [-0.1, -0.05) is 41.5 Å². The standard InChI is InChI=1S/C19H40O4SSi2/c1-18(2,3)25(8,9)22-15-14(13-12-24-13)21-17(20-7)16(15)23-26(10,11)19(4,5)6/h13-17H,12H2,1-11H3/t13-,14+,15+,16-,17-/m1/s1. The Morgan fingerprint density at radius 3 is 1.62 bits per heavy atom. The molecule has 0 N–H and O–H groups in total. The molecule has 0 aromatic heterocycles. The zero-order chi connectivity index (χ0) is 20.1. The van der Waals surface area contributed by atoms with Gasteiger partial charge in [0.05, 0.1) is 0 Å². The van der Waals surface area contributed by atoms with E-state index in [1.165, 1.54) is 0 Å². The third-order valence-corrected chi connectivity index (χ3v) is 16.6. The molecule has 2 saturated heterocycles. The predicted octanol–water partition coefficient (Wildman–Crippen LogP) is 5.25. The molecule has 2 rings (SSSR count). The van der Waals surface area contributed by atoms with Gasteiger partial charge < -0.3 is 18.3 Å². The second-order valence-electron chi connectivity index (χ2n) is 10.8. The Morgan fingerprint density at radius 2 is 1.27 bits per heavy atom. The fourth-order valence-corrected chi connectivity index (χ4v) is 5.97. The van der Waals surface area contributed by atoms with E-state index in [1.807, 2.05) is 11.8 Å². The van der Waals surface area contributed by atoms with Gasteiger partial charge in [-0.05, 0) is 36.3 Å². The zero-order valence-electron chi connectivity index (χ0n) is 18.6. The van der Waals surface area contributed by atoms with E-state index in [0.717, 1.165) is 5.75 Å². The molecule has 0 aromatic carbocycles. The molecule has 154 valence electrons. The largest absolute Gasteiger partial charge is 0.408 e. The van der Waals surface area contributed by atoms with Gasteiger partial charge >= 0.3 is 0 Å². The van der Waals surface area contributed by atoms with Crippen LogP contribution in [0.15, 0.2) is 0 Å². The first-order valence-electron chi connectivity index (χ1n) is 9.76. The van der Waals surface area contributed by atoms with Gasteiger partial charge in [0.15, 0.2) is 22.9 Å². The smallest absolute Gasteiger partial charge is 0.192 e. The van der Waals surface area contributed by atoms with Gasteiger partial charge in [-0.3, -0.25) is 0 Å². The highest BCUT2D eigenvalue weighted by molar-refractivity contribution is 8.06. The number of ether oxygens (including phenoxy) is 2. The summed E-state index contributed by atoms with van der Waals surface area (Å²) in [5.41, 5.74) is 0. The molecular formula is C19H40O4SSi2. The maximum Gasteiger partial charge on any atom is 0.192 e. The predicted molar refractivity (Wildman–Crippen MR) is 116 cm³/mol. The fraction of sp³-hybridized carbons (Fsp3) is 1.00. The van der Waals surface area contributed by atoms with Crippen molar-refractivity contribution in [3.63, 3.8) is 0 Å². The molecule has 7 heteroatoms. The minimum absolute atomic E-state index is 0.0463. The number of methoxy groups -OCH3 is 1. The van der Waals surface area contributed by atoms with Gasteiger partial charge in [-0.15, -0.1) is 0 Å². The Morgan fingerprint density at radius 1 is 0.846 bits per heavy atom. The van der Waals surface area contributed by atoms with Crippen molar-refractivity contribution in [2.75, 3.05) is 12.9 Å². The number of hydrogen-bond acceptors (Lipinski definition) is 5. The van der Waals surface area contributed by atoms with Crippen molar-refractivity contribution in [3.05, 3.63) is 0 Å². The second-order valence-corrected chi connectivity index (χ2v) is 21.5. The summed E-state index contributed by atoms with van der Waals surface area (Å²) in [6, 6.07) is 0. The van der Waals surface area contributed by atoms with E-state index in [-0.39, 0.29) is 34.7 Å². The van der Waals surface area contributed by atoms with Crippen LogP contribution >= 0.6 is 11.8 Å². The van der Waals surface area contributed by atoms with Gasteiger partial charge in [0, 0.05) is 18.1 Å². The molecule has 26 heavy (non-hydrogen) atoms. The van der Waals surface area contributed by atoms with Gasteiger partial charge in [0.2, 0.25) is 0 Å². The molecule has 0 radical (unpaired) electrons. The lowest BCUT2D eigenvalue weighted by atomic mass is 10.1. The normalized spacial score (nSPS) is 33.6. The molecule has 0 bridgehead atoms. The summed E-state index contributed by atoms with van der Waals surface area (Å²) in [6.45, 7) is 22.9. The molecule has 0 spiro atoms. The topological polar surface area (TPSA) is 36.9 Å². The summed E-state index contributed by atoms with van der Waals surface area (Å²) in [7, 11) is -2.19. The lowest BCUT2D eigenvalue weighted by molar-refractivity contribution is -0.143. The fourth-order valence-electron chi connectivity index (χ4n) is 2.68. The Balaban J connectivity index is 2.31. The third-order valence-electron chi connectivity index (χ3n) is 6.64. The van der Waals surface area contributed by atoms with Crippen molar-refractivity contribution in [2.45, 2.75) is 108 Å². The Labute approximate surface area is 167 Å². The van der Waals surface area contributed by atoms with E-state index in [4.69, 9.17) is 18.3 Å². The molecule has 2 heterocycles.